The molecule has 3 rings (SSSR count). The summed E-state index contributed by atoms with van der Waals surface area (Å²) in [4.78, 5) is 15.1. The molecule has 0 bridgehead atoms. The topological polar surface area (TPSA) is 71.5 Å². The highest BCUT2D eigenvalue weighted by atomic mass is 16.5. The molecule has 1 aromatic carbocycles. The number of nitrogens with one attached hydrogen (secondary N) is 1. The van der Waals surface area contributed by atoms with Gasteiger partial charge in [-0.05, 0) is 60.6 Å². The summed E-state index contributed by atoms with van der Waals surface area (Å²) >= 11 is 0. The molecule has 1 aliphatic carbocycles. The highest BCUT2D eigenvalue weighted by Crippen LogP contribution is 2.41. The van der Waals surface area contributed by atoms with Crippen molar-refractivity contribution in [3.8, 4) is 5.75 Å². The minimum absolute atomic E-state index is 0.117. The third kappa shape index (κ3) is 5.92. The first kappa shape index (κ1) is 21.6. The Bertz CT molecular complexity index is 826. The highest BCUT2D eigenvalue weighted by Gasteiger charge is 2.32. The van der Waals surface area contributed by atoms with Crippen molar-refractivity contribution < 1.29 is 14.6 Å². The molecule has 0 radical (unpaired) electrons. The van der Waals surface area contributed by atoms with Crippen LogP contribution >= 0.6 is 0 Å². The fourth-order valence-corrected chi connectivity index (χ4v) is 4.19. The number of pyridine rings is 1. The number of nitrogens with zero attached hydrogens (tertiary/aromatic N) is 1. The Labute approximate surface area is 173 Å². The summed E-state index contributed by atoms with van der Waals surface area (Å²) in [5, 5.41) is 14.0. The second-order valence-electron chi connectivity index (χ2n) is 8.94. The summed E-state index contributed by atoms with van der Waals surface area (Å²) in [5.74, 6) is 0.930. The largest absolute Gasteiger partial charge is 0.490 e. The van der Waals surface area contributed by atoms with Crippen molar-refractivity contribution in [2.24, 2.45) is 11.3 Å². The van der Waals surface area contributed by atoms with Crippen LogP contribution in [0.2, 0.25) is 0 Å². The normalized spacial score (nSPS) is 20.0. The smallest absolute Gasteiger partial charge is 0.304 e. The first-order valence-electron chi connectivity index (χ1n) is 10.8. The Morgan fingerprint density at radius 2 is 1.97 bits per heavy atom. The van der Waals surface area contributed by atoms with E-state index in [4.69, 9.17) is 9.84 Å². The molecule has 0 saturated heterocycles. The molecule has 0 aliphatic heterocycles. The fourth-order valence-electron chi connectivity index (χ4n) is 4.19. The lowest BCUT2D eigenvalue weighted by Crippen LogP contribution is -2.31. The van der Waals surface area contributed by atoms with Gasteiger partial charge >= 0.3 is 5.97 Å². The van der Waals surface area contributed by atoms with Gasteiger partial charge in [0.05, 0.1) is 18.2 Å². The number of rotatable bonds is 9. The number of carbonyl (C=O) groups is 1. The van der Waals surface area contributed by atoms with E-state index in [0.29, 0.717) is 24.6 Å². The zero-order valence-corrected chi connectivity index (χ0v) is 17.9. The average Bonchev–Trinajstić information content (AvgIpc) is 2.71. The number of fused-ring (bicyclic) bond motifs is 1. The zero-order valence-electron chi connectivity index (χ0n) is 17.9. The SMILES string of the molecule is CCC(C)(C)[C@H]1CC[C@H](Oc2ccc3cc(CNCCC(=O)O)ncc3c2)CC1. The van der Waals surface area contributed by atoms with Gasteiger partial charge in [0.25, 0.3) is 0 Å². The van der Waals surface area contributed by atoms with Gasteiger partial charge in [-0.1, -0.05) is 33.3 Å². The zero-order chi connectivity index (χ0) is 20.9. The quantitative estimate of drug-likeness (QED) is 0.570. The lowest BCUT2D eigenvalue weighted by atomic mass is 9.69. The van der Waals surface area contributed by atoms with Gasteiger partial charge < -0.3 is 15.2 Å². The Kier molecular flexibility index (Phi) is 7.12. The summed E-state index contributed by atoms with van der Waals surface area (Å²) in [7, 11) is 0. The summed E-state index contributed by atoms with van der Waals surface area (Å²) in [6.45, 7) is 8.10. The van der Waals surface area contributed by atoms with Gasteiger partial charge in [0.15, 0.2) is 0 Å². The van der Waals surface area contributed by atoms with E-state index in [-0.39, 0.29) is 6.42 Å². The molecule has 1 aliphatic rings. The maximum atomic E-state index is 10.6. The van der Waals surface area contributed by atoms with Gasteiger partial charge in [-0.2, -0.15) is 0 Å². The molecular weight excluding hydrogens is 364 g/mol. The molecular formula is C24H34N2O3. The van der Waals surface area contributed by atoms with Crippen molar-refractivity contribution in [3.63, 3.8) is 0 Å². The first-order valence-corrected chi connectivity index (χ1v) is 10.8. The number of benzene rings is 1. The maximum absolute atomic E-state index is 10.6. The van der Waals surface area contributed by atoms with Crippen molar-refractivity contribution in [3.05, 3.63) is 36.2 Å². The van der Waals surface area contributed by atoms with Crippen LogP contribution in [-0.2, 0) is 11.3 Å². The minimum Gasteiger partial charge on any atom is -0.490 e. The fraction of sp³-hybridized carbons (Fsp3) is 0.583. The Balaban J connectivity index is 1.55. The molecule has 1 saturated carbocycles. The molecule has 5 nitrogen and oxygen atoms in total. The van der Waals surface area contributed by atoms with E-state index in [0.717, 1.165) is 41.0 Å². The van der Waals surface area contributed by atoms with Gasteiger partial charge in [-0.3, -0.25) is 9.78 Å². The second kappa shape index (κ2) is 9.57. The van der Waals surface area contributed by atoms with Crippen molar-refractivity contribution >= 4 is 16.7 Å². The number of carboxylic acids is 1. The van der Waals surface area contributed by atoms with Crippen LogP contribution in [0.3, 0.4) is 0 Å². The lowest BCUT2D eigenvalue weighted by Gasteiger charge is -2.38. The van der Waals surface area contributed by atoms with E-state index in [1.54, 1.807) is 0 Å². The molecule has 2 aromatic rings. The van der Waals surface area contributed by atoms with E-state index in [9.17, 15) is 4.79 Å². The van der Waals surface area contributed by atoms with Crippen LogP contribution in [0.15, 0.2) is 30.5 Å². The van der Waals surface area contributed by atoms with Crippen molar-refractivity contribution in [1.29, 1.82) is 0 Å². The maximum Gasteiger partial charge on any atom is 0.304 e. The van der Waals surface area contributed by atoms with E-state index in [1.165, 1.54) is 19.3 Å². The Morgan fingerprint density at radius 1 is 1.21 bits per heavy atom. The van der Waals surface area contributed by atoms with Crippen molar-refractivity contribution in [2.45, 2.75) is 71.9 Å². The molecule has 1 fully saturated rings. The minimum atomic E-state index is -0.793. The summed E-state index contributed by atoms with van der Waals surface area (Å²) in [6.07, 6.45) is 8.29. The van der Waals surface area contributed by atoms with Gasteiger partial charge in [-0.15, -0.1) is 0 Å². The van der Waals surface area contributed by atoms with Gasteiger partial charge in [0.1, 0.15) is 5.75 Å². The molecule has 0 atom stereocenters. The number of hydrogen-bond donors (Lipinski definition) is 2. The van der Waals surface area contributed by atoms with Crippen LogP contribution in [-0.4, -0.2) is 28.7 Å². The van der Waals surface area contributed by atoms with Crippen molar-refractivity contribution in [2.75, 3.05) is 6.54 Å². The lowest BCUT2D eigenvalue weighted by molar-refractivity contribution is -0.136. The predicted molar refractivity (Wildman–Crippen MR) is 116 cm³/mol. The van der Waals surface area contributed by atoms with Crippen LogP contribution in [0.4, 0.5) is 0 Å². The molecule has 1 aromatic heterocycles. The van der Waals surface area contributed by atoms with E-state index in [2.05, 4.69) is 43.2 Å². The van der Waals surface area contributed by atoms with Gasteiger partial charge in [-0.25, -0.2) is 0 Å². The number of aliphatic carboxylic acids is 1. The highest BCUT2D eigenvalue weighted by molar-refractivity contribution is 5.83. The van der Waals surface area contributed by atoms with E-state index >= 15 is 0 Å². The number of ether oxygens (including phenoxy) is 1. The average molecular weight is 399 g/mol. The molecule has 158 valence electrons. The molecule has 0 spiro atoms. The third-order valence-corrected chi connectivity index (χ3v) is 6.56. The third-order valence-electron chi connectivity index (χ3n) is 6.56. The molecule has 5 heteroatoms. The standard InChI is InChI=1S/C24H34N2O3/c1-4-24(2,3)19-6-9-21(10-7-19)29-22-8-5-17-13-20(26-15-18(17)14-22)16-25-12-11-23(27)28/h5,8,13-15,19,21,25H,4,6-7,9-12,16H2,1-3H3,(H,27,28)/t19-,21-. The molecule has 1 heterocycles. The Morgan fingerprint density at radius 3 is 2.66 bits per heavy atom. The van der Waals surface area contributed by atoms with Crippen LogP contribution < -0.4 is 10.1 Å². The van der Waals surface area contributed by atoms with Crippen LogP contribution in [0.25, 0.3) is 10.8 Å². The summed E-state index contributed by atoms with van der Waals surface area (Å²) in [6, 6.07) is 8.25. The van der Waals surface area contributed by atoms with Gasteiger partial charge in [0, 0.05) is 24.7 Å². The monoisotopic (exact) mass is 398 g/mol. The molecule has 2 N–H and O–H groups in total. The summed E-state index contributed by atoms with van der Waals surface area (Å²) in [5.41, 5.74) is 1.34. The predicted octanol–water partition coefficient (Wildman–Crippen LogP) is 5.17. The van der Waals surface area contributed by atoms with Crippen molar-refractivity contribution in [1.82, 2.24) is 10.3 Å². The van der Waals surface area contributed by atoms with E-state index in [1.807, 2.05) is 18.3 Å². The van der Waals surface area contributed by atoms with Crippen LogP contribution in [0.5, 0.6) is 5.75 Å². The van der Waals surface area contributed by atoms with Crippen LogP contribution in [0.1, 0.15) is 65.0 Å². The first-order chi connectivity index (χ1) is 13.9. The number of aromatic nitrogens is 1. The molecule has 0 unspecified atom stereocenters. The molecule has 29 heavy (non-hydrogen) atoms. The Hall–Kier alpha value is -2.14. The van der Waals surface area contributed by atoms with Gasteiger partial charge in [0.2, 0.25) is 0 Å². The number of hydrogen-bond acceptors (Lipinski definition) is 4. The van der Waals surface area contributed by atoms with Crippen LogP contribution in [0, 0.1) is 11.3 Å². The number of carboxylic acid groups (broad SMARTS) is 1. The summed E-state index contributed by atoms with van der Waals surface area (Å²) < 4.78 is 6.29. The molecule has 0 amide bonds. The van der Waals surface area contributed by atoms with E-state index < -0.39 is 5.97 Å². The second-order valence-corrected chi connectivity index (χ2v) is 8.94.